The van der Waals surface area contributed by atoms with Crippen LogP contribution < -0.4 is 15.0 Å². The number of likely N-dealkylation sites (N-methyl/N-ethyl adjacent to an activating group) is 1. The molecule has 6 nitrogen and oxygen atoms in total. The van der Waals surface area contributed by atoms with E-state index in [0.29, 0.717) is 23.9 Å². The van der Waals surface area contributed by atoms with Gasteiger partial charge in [-0.25, -0.2) is 0 Å². The van der Waals surface area contributed by atoms with Gasteiger partial charge in [0.1, 0.15) is 5.75 Å². The fraction of sp³-hybridized carbons (Fsp3) is 0.417. The molecule has 3 rings (SSSR count). The molecule has 0 saturated carbocycles. The van der Waals surface area contributed by atoms with Gasteiger partial charge in [0.2, 0.25) is 0 Å². The van der Waals surface area contributed by atoms with Gasteiger partial charge in [0.05, 0.1) is 14.2 Å². The Morgan fingerprint density at radius 3 is 2.50 bits per heavy atom. The highest BCUT2D eigenvalue weighted by Gasteiger charge is 2.25. The molecule has 0 aromatic heterocycles. The lowest BCUT2D eigenvalue weighted by Gasteiger charge is -2.32. The third kappa shape index (κ3) is 6.59. The van der Waals surface area contributed by atoms with Crippen molar-refractivity contribution in [1.29, 1.82) is 0 Å². The molecule has 0 spiro atoms. The maximum absolute atomic E-state index is 12.7. The number of quaternary nitrogens is 1. The van der Waals surface area contributed by atoms with Crippen LogP contribution in [0.25, 0.3) is 0 Å². The molecule has 1 atom stereocenters. The molecule has 6 heteroatoms. The molecule has 1 saturated heterocycles. The summed E-state index contributed by atoms with van der Waals surface area (Å²) in [7, 11) is 3.47. The van der Waals surface area contributed by atoms with Gasteiger partial charge >= 0.3 is 0 Å². The Morgan fingerprint density at radius 1 is 1.07 bits per heavy atom. The maximum Gasteiger partial charge on any atom is 0.279 e. The second kappa shape index (κ2) is 10.8. The Hall–Kier alpha value is -2.86. The van der Waals surface area contributed by atoms with Gasteiger partial charge in [-0.2, -0.15) is 0 Å². The first-order valence-corrected chi connectivity index (χ1v) is 10.6. The molecule has 0 radical (unpaired) electrons. The summed E-state index contributed by atoms with van der Waals surface area (Å²) in [4.78, 5) is 27.8. The van der Waals surface area contributed by atoms with Crippen molar-refractivity contribution in [3.8, 4) is 5.75 Å². The first-order valence-electron chi connectivity index (χ1n) is 10.6. The second-order valence-electron chi connectivity index (χ2n) is 8.10. The van der Waals surface area contributed by atoms with Crippen LogP contribution >= 0.6 is 0 Å². The van der Waals surface area contributed by atoms with Crippen LogP contribution in [0.1, 0.15) is 18.4 Å². The monoisotopic (exact) mass is 410 g/mol. The van der Waals surface area contributed by atoms with Gasteiger partial charge in [-0.15, -0.1) is 0 Å². The average molecular weight is 411 g/mol. The maximum atomic E-state index is 12.7. The third-order valence-electron chi connectivity index (χ3n) is 5.60. The Balaban J connectivity index is 1.39. The van der Waals surface area contributed by atoms with E-state index in [-0.39, 0.29) is 18.4 Å². The van der Waals surface area contributed by atoms with E-state index >= 15 is 0 Å². The summed E-state index contributed by atoms with van der Waals surface area (Å²) in [5.41, 5.74) is 2.06. The highest BCUT2D eigenvalue weighted by atomic mass is 16.5. The van der Waals surface area contributed by atoms with Crippen LogP contribution in [0.15, 0.2) is 54.6 Å². The molecule has 1 aliphatic rings. The van der Waals surface area contributed by atoms with Crippen LogP contribution in [0, 0.1) is 5.92 Å². The van der Waals surface area contributed by atoms with E-state index in [0.717, 1.165) is 37.3 Å². The zero-order valence-electron chi connectivity index (χ0n) is 17.9. The van der Waals surface area contributed by atoms with Gasteiger partial charge in [-0.3, -0.25) is 9.59 Å². The van der Waals surface area contributed by atoms with E-state index in [9.17, 15) is 9.59 Å². The van der Waals surface area contributed by atoms with Crippen LogP contribution in [0.3, 0.4) is 0 Å². The van der Waals surface area contributed by atoms with E-state index in [1.54, 1.807) is 13.2 Å². The summed E-state index contributed by atoms with van der Waals surface area (Å²) in [5.74, 6) is 1.34. The first-order chi connectivity index (χ1) is 14.5. The molecule has 2 amide bonds. The van der Waals surface area contributed by atoms with Crippen molar-refractivity contribution in [3.63, 3.8) is 0 Å². The number of benzene rings is 2. The molecular weight excluding hydrogens is 378 g/mol. The molecule has 0 aliphatic carbocycles. The number of nitrogens with one attached hydrogen (secondary N) is 2. The van der Waals surface area contributed by atoms with Gasteiger partial charge in [-0.1, -0.05) is 36.4 Å². The van der Waals surface area contributed by atoms with Crippen molar-refractivity contribution in [2.45, 2.75) is 19.3 Å². The van der Waals surface area contributed by atoms with E-state index in [4.69, 9.17) is 4.74 Å². The second-order valence-corrected chi connectivity index (χ2v) is 8.10. The Labute approximate surface area is 178 Å². The smallest absolute Gasteiger partial charge is 0.279 e. The highest BCUT2D eigenvalue weighted by molar-refractivity contribution is 5.91. The lowest BCUT2D eigenvalue weighted by atomic mass is 9.90. The van der Waals surface area contributed by atoms with Crippen molar-refractivity contribution in [2.24, 2.45) is 5.92 Å². The van der Waals surface area contributed by atoms with Crippen LogP contribution in [-0.4, -0.2) is 57.1 Å². The molecule has 30 heavy (non-hydrogen) atoms. The van der Waals surface area contributed by atoms with Crippen LogP contribution in [0.5, 0.6) is 5.75 Å². The topological polar surface area (TPSA) is 63.1 Å². The third-order valence-corrected chi connectivity index (χ3v) is 5.60. The van der Waals surface area contributed by atoms with Crippen molar-refractivity contribution in [1.82, 2.24) is 4.90 Å². The van der Waals surface area contributed by atoms with Crippen molar-refractivity contribution >= 4 is 17.5 Å². The minimum Gasteiger partial charge on any atom is -0.497 e. The highest BCUT2D eigenvalue weighted by Crippen LogP contribution is 2.21. The molecule has 2 aromatic carbocycles. The summed E-state index contributed by atoms with van der Waals surface area (Å²) >= 11 is 0. The number of hydrogen-bond acceptors (Lipinski definition) is 3. The number of likely N-dealkylation sites (tertiary alicyclic amines) is 1. The molecule has 1 aliphatic heterocycles. The number of carbonyl (C=O) groups is 2. The number of hydrogen-bond donors (Lipinski definition) is 2. The van der Waals surface area contributed by atoms with Gasteiger partial charge in [0, 0.05) is 24.8 Å². The predicted molar refractivity (Wildman–Crippen MR) is 118 cm³/mol. The molecule has 0 bridgehead atoms. The van der Waals surface area contributed by atoms with Gasteiger partial charge in [-0.05, 0) is 42.9 Å². The zero-order chi connectivity index (χ0) is 21.3. The number of methoxy groups -OCH3 is 1. The largest absolute Gasteiger partial charge is 0.497 e. The van der Waals surface area contributed by atoms with Crippen LogP contribution in [0.4, 0.5) is 5.69 Å². The minimum absolute atomic E-state index is 0.116. The van der Waals surface area contributed by atoms with Gasteiger partial charge in [0.25, 0.3) is 11.8 Å². The number of carbonyl (C=O) groups excluding carboxylic acids is 2. The Morgan fingerprint density at radius 2 is 1.80 bits per heavy atom. The standard InChI is InChI=1S/C24H31N3O3/c1-26(17-23(28)25-21-9-6-10-22(16-21)30-2)18-24(29)27-13-11-20(12-14-27)15-19-7-4-3-5-8-19/h3-10,16,20H,11-15,17-18H2,1-2H3,(H,25,28)/p+1. The summed E-state index contributed by atoms with van der Waals surface area (Å²) < 4.78 is 5.17. The fourth-order valence-electron chi connectivity index (χ4n) is 3.95. The summed E-state index contributed by atoms with van der Waals surface area (Å²) in [6.45, 7) is 2.18. The van der Waals surface area contributed by atoms with E-state index in [2.05, 4.69) is 29.6 Å². The number of ether oxygens (including phenoxy) is 1. The summed E-state index contributed by atoms with van der Waals surface area (Å²) in [5, 5.41) is 2.86. The minimum atomic E-state index is -0.116. The lowest BCUT2D eigenvalue weighted by molar-refractivity contribution is -0.862. The fourth-order valence-corrected chi connectivity index (χ4v) is 3.95. The number of nitrogens with zero attached hydrogens (tertiary/aromatic N) is 1. The quantitative estimate of drug-likeness (QED) is 0.695. The number of anilines is 1. The molecule has 2 N–H and O–H groups in total. The van der Waals surface area contributed by atoms with E-state index < -0.39 is 0 Å². The normalized spacial score (nSPS) is 15.5. The SMILES string of the molecule is COc1cccc(NC(=O)C[NH+](C)CC(=O)N2CCC(Cc3ccccc3)CC2)c1. The average Bonchev–Trinajstić information content (AvgIpc) is 2.75. The van der Waals surface area contributed by atoms with Crippen molar-refractivity contribution in [2.75, 3.05) is 45.7 Å². The zero-order valence-corrected chi connectivity index (χ0v) is 17.9. The number of rotatable bonds is 8. The van der Waals surface area contributed by atoms with E-state index in [1.165, 1.54) is 5.56 Å². The summed E-state index contributed by atoms with van der Waals surface area (Å²) in [6.07, 6.45) is 3.16. The first kappa shape index (κ1) is 21.8. The lowest BCUT2D eigenvalue weighted by Crippen LogP contribution is -3.11. The molecular formula is C24H32N3O3+. The van der Waals surface area contributed by atoms with Crippen LogP contribution in [-0.2, 0) is 16.0 Å². The number of amides is 2. The van der Waals surface area contributed by atoms with Crippen molar-refractivity contribution < 1.29 is 19.2 Å². The Kier molecular flexibility index (Phi) is 7.85. The summed E-state index contributed by atoms with van der Waals surface area (Å²) in [6, 6.07) is 17.8. The van der Waals surface area contributed by atoms with Crippen LogP contribution in [0.2, 0.25) is 0 Å². The molecule has 160 valence electrons. The molecule has 1 fully saturated rings. The molecule has 2 aromatic rings. The molecule has 1 unspecified atom stereocenters. The van der Waals surface area contributed by atoms with Gasteiger partial charge in [0.15, 0.2) is 13.1 Å². The van der Waals surface area contributed by atoms with E-state index in [1.807, 2.05) is 36.2 Å². The number of piperidine rings is 1. The molecule has 1 heterocycles. The van der Waals surface area contributed by atoms with Crippen molar-refractivity contribution in [3.05, 3.63) is 60.2 Å². The van der Waals surface area contributed by atoms with Gasteiger partial charge < -0.3 is 19.9 Å². The Bertz CT molecular complexity index is 833. The predicted octanol–water partition coefficient (Wildman–Crippen LogP) is 1.63.